The van der Waals surface area contributed by atoms with Gasteiger partial charge in [-0.1, -0.05) is 35.5 Å². The Morgan fingerprint density at radius 2 is 1.96 bits per heavy atom. The summed E-state index contributed by atoms with van der Waals surface area (Å²) in [6, 6.07) is 13.0. The van der Waals surface area contributed by atoms with Crippen molar-refractivity contribution in [3.05, 3.63) is 58.6 Å². The van der Waals surface area contributed by atoms with Crippen LogP contribution in [0, 0.1) is 13.8 Å². The van der Waals surface area contributed by atoms with Gasteiger partial charge in [0.15, 0.2) is 0 Å². The molecule has 0 saturated heterocycles. The van der Waals surface area contributed by atoms with Gasteiger partial charge in [0.25, 0.3) is 5.22 Å². The van der Waals surface area contributed by atoms with E-state index in [0.29, 0.717) is 21.8 Å². The maximum Gasteiger partial charge on any atom is 0.277 e. The lowest BCUT2D eigenvalue weighted by Gasteiger charge is -2.10. The number of rotatable bonds is 5. The third kappa shape index (κ3) is 4.45. The van der Waals surface area contributed by atoms with E-state index < -0.39 is 5.25 Å². The number of benzene rings is 2. The van der Waals surface area contributed by atoms with Gasteiger partial charge in [-0.2, -0.15) is 0 Å². The summed E-state index contributed by atoms with van der Waals surface area (Å²) in [5.74, 6) is 0.279. The second kappa shape index (κ2) is 7.93. The number of carbonyl (C=O) groups is 1. The molecule has 0 saturated carbocycles. The molecule has 0 radical (unpaired) electrons. The number of hydrogen-bond donors (Lipinski definition) is 1. The Morgan fingerprint density at radius 3 is 2.69 bits per heavy atom. The minimum absolute atomic E-state index is 0.164. The van der Waals surface area contributed by atoms with Gasteiger partial charge in [-0.25, -0.2) is 0 Å². The molecule has 1 amide bonds. The van der Waals surface area contributed by atoms with Gasteiger partial charge in [-0.3, -0.25) is 4.79 Å². The van der Waals surface area contributed by atoms with Crippen molar-refractivity contribution in [2.24, 2.45) is 0 Å². The first kappa shape index (κ1) is 18.5. The van der Waals surface area contributed by atoms with Crippen molar-refractivity contribution >= 4 is 35.0 Å². The molecule has 26 heavy (non-hydrogen) atoms. The zero-order chi connectivity index (χ0) is 18.7. The summed E-state index contributed by atoms with van der Waals surface area (Å²) in [6.45, 7) is 5.87. The normalized spacial score (nSPS) is 12.0. The lowest BCUT2D eigenvalue weighted by atomic mass is 10.1. The van der Waals surface area contributed by atoms with Crippen LogP contribution in [0.1, 0.15) is 18.1 Å². The fraction of sp³-hybridized carbons (Fsp3) is 0.211. The Hall–Kier alpha value is -2.31. The average molecular weight is 388 g/mol. The highest BCUT2D eigenvalue weighted by molar-refractivity contribution is 8.00. The number of aryl methyl sites for hydroxylation is 2. The summed E-state index contributed by atoms with van der Waals surface area (Å²) >= 11 is 7.14. The van der Waals surface area contributed by atoms with Crippen LogP contribution in [-0.4, -0.2) is 21.4 Å². The fourth-order valence-electron chi connectivity index (χ4n) is 2.26. The van der Waals surface area contributed by atoms with Crippen LogP contribution in [0.15, 0.2) is 52.1 Å². The van der Waals surface area contributed by atoms with Crippen LogP contribution in [-0.2, 0) is 4.79 Å². The highest BCUT2D eigenvalue weighted by Gasteiger charge is 2.19. The topological polar surface area (TPSA) is 68.0 Å². The lowest BCUT2D eigenvalue weighted by molar-refractivity contribution is -0.115. The van der Waals surface area contributed by atoms with Crippen LogP contribution < -0.4 is 5.32 Å². The molecule has 134 valence electrons. The molecule has 1 aromatic heterocycles. The maximum absolute atomic E-state index is 12.3. The van der Waals surface area contributed by atoms with Gasteiger partial charge in [0.1, 0.15) is 0 Å². The van der Waals surface area contributed by atoms with Crippen molar-refractivity contribution in [1.29, 1.82) is 0 Å². The maximum atomic E-state index is 12.3. The molecule has 0 bridgehead atoms. The molecular formula is C19H18ClN3O2S. The average Bonchev–Trinajstić information content (AvgIpc) is 3.05. The van der Waals surface area contributed by atoms with Crippen LogP contribution in [0.4, 0.5) is 5.69 Å². The van der Waals surface area contributed by atoms with E-state index in [2.05, 4.69) is 22.4 Å². The molecule has 0 fully saturated rings. The smallest absolute Gasteiger partial charge is 0.277 e. The number of amides is 1. The van der Waals surface area contributed by atoms with E-state index in [-0.39, 0.29) is 5.91 Å². The van der Waals surface area contributed by atoms with Crippen LogP contribution in [0.25, 0.3) is 11.5 Å². The van der Waals surface area contributed by atoms with Gasteiger partial charge < -0.3 is 9.73 Å². The number of halogens is 1. The van der Waals surface area contributed by atoms with E-state index in [4.69, 9.17) is 16.0 Å². The molecule has 0 unspecified atom stereocenters. The van der Waals surface area contributed by atoms with E-state index in [1.54, 1.807) is 31.2 Å². The van der Waals surface area contributed by atoms with Crippen molar-refractivity contribution in [1.82, 2.24) is 10.2 Å². The molecule has 2 aromatic carbocycles. The predicted octanol–water partition coefficient (Wildman–Crippen LogP) is 5.13. The summed E-state index contributed by atoms with van der Waals surface area (Å²) in [4.78, 5) is 12.3. The highest BCUT2D eigenvalue weighted by Crippen LogP contribution is 2.28. The van der Waals surface area contributed by atoms with Crippen molar-refractivity contribution in [2.45, 2.75) is 31.2 Å². The molecule has 5 nitrogen and oxygen atoms in total. The molecule has 3 rings (SSSR count). The first-order valence-electron chi connectivity index (χ1n) is 8.06. The summed E-state index contributed by atoms with van der Waals surface area (Å²) in [7, 11) is 0. The van der Waals surface area contributed by atoms with Crippen LogP contribution >= 0.6 is 23.4 Å². The minimum Gasteiger partial charge on any atom is -0.411 e. The Morgan fingerprint density at radius 1 is 1.15 bits per heavy atom. The molecular weight excluding hydrogens is 370 g/mol. The Kier molecular flexibility index (Phi) is 5.64. The molecule has 1 heterocycles. The molecule has 0 aliphatic carbocycles. The number of nitrogens with zero attached hydrogens (tertiary/aromatic N) is 2. The second-order valence-electron chi connectivity index (χ2n) is 5.93. The van der Waals surface area contributed by atoms with Gasteiger partial charge in [-0.15, -0.1) is 10.2 Å². The minimum atomic E-state index is -0.401. The number of aromatic nitrogens is 2. The number of carbonyl (C=O) groups excluding carboxylic acids is 1. The first-order chi connectivity index (χ1) is 12.4. The van der Waals surface area contributed by atoms with E-state index in [9.17, 15) is 4.79 Å². The van der Waals surface area contributed by atoms with Crippen LogP contribution in [0.2, 0.25) is 5.02 Å². The molecule has 7 heteroatoms. The monoisotopic (exact) mass is 387 g/mol. The highest BCUT2D eigenvalue weighted by atomic mass is 35.5. The van der Waals surface area contributed by atoms with Crippen molar-refractivity contribution in [3.63, 3.8) is 0 Å². The van der Waals surface area contributed by atoms with E-state index >= 15 is 0 Å². The summed E-state index contributed by atoms with van der Waals surface area (Å²) in [5, 5.41) is 11.5. The largest absolute Gasteiger partial charge is 0.411 e. The van der Waals surface area contributed by atoms with Gasteiger partial charge >= 0.3 is 0 Å². The Balaban J connectivity index is 1.66. The Bertz CT molecular complexity index is 942. The Labute approximate surface area is 161 Å². The third-order valence-corrected chi connectivity index (χ3v) is 5.07. The van der Waals surface area contributed by atoms with Crippen molar-refractivity contribution < 1.29 is 9.21 Å². The number of nitrogens with one attached hydrogen (secondary N) is 1. The van der Waals surface area contributed by atoms with E-state index in [1.165, 1.54) is 17.3 Å². The van der Waals surface area contributed by atoms with E-state index in [1.807, 2.05) is 25.1 Å². The first-order valence-corrected chi connectivity index (χ1v) is 9.32. The zero-order valence-electron chi connectivity index (χ0n) is 14.6. The standard InChI is InChI=1S/C19H18ClN3O2S/c1-11-7-8-14(9-12(11)2)18-22-23-19(25-18)26-13(3)17(24)21-16-6-4-5-15(20)10-16/h4-10,13H,1-3H3,(H,21,24)/t13-/m1/s1. The summed E-state index contributed by atoms with van der Waals surface area (Å²) < 4.78 is 5.69. The SMILES string of the molecule is Cc1ccc(-c2nnc(S[C@H](C)C(=O)Nc3cccc(Cl)c3)o2)cc1C. The van der Waals surface area contributed by atoms with Crippen molar-refractivity contribution in [2.75, 3.05) is 5.32 Å². The zero-order valence-corrected chi connectivity index (χ0v) is 16.2. The molecule has 1 atom stereocenters. The van der Waals surface area contributed by atoms with Crippen molar-refractivity contribution in [3.8, 4) is 11.5 Å². The molecule has 1 N–H and O–H groups in total. The van der Waals surface area contributed by atoms with E-state index in [0.717, 1.165) is 11.1 Å². The number of anilines is 1. The lowest BCUT2D eigenvalue weighted by Crippen LogP contribution is -2.22. The third-order valence-electron chi connectivity index (χ3n) is 3.90. The van der Waals surface area contributed by atoms with Gasteiger partial charge in [0.2, 0.25) is 11.8 Å². The molecule has 0 spiro atoms. The summed E-state index contributed by atoms with van der Waals surface area (Å²) in [6.07, 6.45) is 0. The number of hydrogen-bond acceptors (Lipinski definition) is 5. The van der Waals surface area contributed by atoms with Crippen LogP contribution in [0.3, 0.4) is 0 Å². The van der Waals surface area contributed by atoms with Crippen LogP contribution in [0.5, 0.6) is 0 Å². The quantitative estimate of drug-likeness (QED) is 0.615. The second-order valence-corrected chi connectivity index (χ2v) is 7.66. The number of thioether (sulfide) groups is 1. The fourth-order valence-corrected chi connectivity index (χ4v) is 3.14. The van der Waals surface area contributed by atoms with Gasteiger partial charge in [0, 0.05) is 16.3 Å². The van der Waals surface area contributed by atoms with Gasteiger partial charge in [-0.05, 0) is 62.2 Å². The molecule has 0 aliphatic rings. The predicted molar refractivity (Wildman–Crippen MR) is 105 cm³/mol. The summed E-state index contributed by atoms with van der Waals surface area (Å²) in [5.41, 5.74) is 3.87. The molecule has 0 aliphatic heterocycles. The van der Waals surface area contributed by atoms with Gasteiger partial charge in [0.05, 0.1) is 5.25 Å². The molecule has 3 aromatic rings.